The van der Waals surface area contributed by atoms with Gasteiger partial charge in [0.15, 0.2) is 0 Å². The molecular weight excluding hydrogens is 230 g/mol. The van der Waals surface area contributed by atoms with Crippen LogP contribution in [0.1, 0.15) is 31.2 Å². The summed E-state index contributed by atoms with van der Waals surface area (Å²) in [4.78, 5) is 0. The van der Waals surface area contributed by atoms with Gasteiger partial charge in [0.1, 0.15) is 0 Å². The Morgan fingerprint density at radius 2 is 2.06 bits per heavy atom. The van der Waals surface area contributed by atoms with Crippen LogP contribution in [-0.2, 0) is 11.3 Å². The summed E-state index contributed by atoms with van der Waals surface area (Å²) in [7, 11) is 1.86. The maximum atomic E-state index is 5.48. The third-order valence-electron chi connectivity index (χ3n) is 4.48. The van der Waals surface area contributed by atoms with E-state index < -0.39 is 0 Å². The van der Waals surface area contributed by atoms with Crippen molar-refractivity contribution >= 4 is 11.3 Å². The first-order chi connectivity index (χ1) is 8.35. The van der Waals surface area contributed by atoms with Crippen molar-refractivity contribution in [3.05, 3.63) is 22.4 Å². The van der Waals surface area contributed by atoms with Crippen LogP contribution in [0.5, 0.6) is 0 Å². The van der Waals surface area contributed by atoms with Crippen molar-refractivity contribution in [2.45, 2.75) is 44.4 Å². The van der Waals surface area contributed by atoms with Gasteiger partial charge in [0.25, 0.3) is 0 Å². The fourth-order valence-corrected chi connectivity index (χ4v) is 4.24. The van der Waals surface area contributed by atoms with Gasteiger partial charge in [-0.1, -0.05) is 0 Å². The Kier molecular flexibility index (Phi) is 3.50. The van der Waals surface area contributed by atoms with E-state index in [1.807, 2.05) is 7.11 Å². The number of nitrogens with one attached hydrogen (secondary N) is 1. The molecule has 17 heavy (non-hydrogen) atoms. The molecule has 0 aliphatic heterocycles. The smallest absolute Gasteiger partial charge is 0.0576 e. The van der Waals surface area contributed by atoms with Crippen molar-refractivity contribution < 1.29 is 4.74 Å². The normalized spacial score (nSPS) is 36.3. The minimum atomic E-state index is 0.544. The van der Waals surface area contributed by atoms with Crippen molar-refractivity contribution in [1.82, 2.24) is 5.32 Å². The van der Waals surface area contributed by atoms with Gasteiger partial charge in [-0.2, -0.15) is 11.3 Å². The number of fused-ring (bicyclic) bond motifs is 1. The molecule has 1 heterocycles. The third-order valence-corrected chi connectivity index (χ3v) is 5.21. The van der Waals surface area contributed by atoms with E-state index >= 15 is 0 Å². The average Bonchev–Trinajstić information content (AvgIpc) is 3.01. The Bertz CT molecular complexity index is 337. The first-order valence-electron chi connectivity index (χ1n) is 6.62. The highest BCUT2D eigenvalue weighted by atomic mass is 32.1. The number of ether oxygens (including phenoxy) is 1. The van der Waals surface area contributed by atoms with E-state index in [9.17, 15) is 0 Å². The molecule has 1 N–H and O–H groups in total. The molecule has 2 saturated carbocycles. The van der Waals surface area contributed by atoms with Crippen LogP contribution in [0.25, 0.3) is 0 Å². The molecule has 2 unspecified atom stereocenters. The van der Waals surface area contributed by atoms with E-state index in [-0.39, 0.29) is 0 Å². The Morgan fingerprint density at radius 1 is 1.29 bits per heavy atom. The molecule has 0 amide bonds. The molecular formula is C14H21NOS. The highest BCUT2D eigenvalue weighted by Crippen LogP contribution is 2.44. The summed E-state index contributed by atoms with van der Waals surface area (Å²) in [5, 5.41) is 8.11. The highest BCUT2D eigenvalue weighted by molar-refractivity contribution is 7.07. The van der Waals surface area contributed by atoms with Crippen molar-refractivity contribution in [3.63, 3.8) is 0 Å². The van der Waals surface area contributed by atoms with Gasteiger partial charge in [0.05, 0.1) is 6.10 Å². The van der Waals surface area contributed by atoms with E-state index in [2.05, 4.69) is 22.1 Å². The number of rotatable bonds is 4. The van der Waals surface area contributed by atoms with E-state index in [1.165, 1.54) is 31.2 Å². The minimum Gasteiger partial charge on any atom is -0.381 e. The predicted octanol–water partition coefficient (Wildman–Crippen LogP) is 3.04. The van der Waals surface area contributed by atoms with E-state index in [1.54, 1.807) is 11.3 Å². The molecule has 1 aromatic heterocycles. The van der Waals surface area contributed by atoms with Crippen LogP contribution < -0.4 is 5.32 Å². The number of hydrogen-bond acceptors (Lipinski definition) is 3. The zero-order chi connectivity index (χ0) is 11.7. The number of hydrogen-bond donors (Lipinski definition) is 1. The van der Waals surface area contributed by atoms with Crippen molar-refractivity contribution in [2.24, 2.45) is 11.8 Å². The SMILES string of the molecule is COC1C[C@H]2CC(NCc3ccsc3)C[C@H]2C1. The highest BCUT2D eigenvalue weighted by Gasteiger charge is 2.41. The lowest BCUT2D eigenvalue weighted by atomic mass is 10.0. The van der Waals surface area contributed by atoms with Crippen LogP contribution in [0.4, 0.5) is 0 Å². The zero-order valence-electron chi connectivity index (χ0n) is 10.4. The molecule has 0 bridgehead atoms. The second-order valence-electron chi connectivity index (χ2n) is 5.53. The quantitative estimate of drug-likeness (QED) is 0.888. The summed E-state index contributed by atoms with van der Waals surface area (Å²) in [6.07, 6.45) is 5.83. The Hall–Kier alpha value is -0.380. The summed E-state index contributed by atoms with van der Waals surface area (Å²) in [6.45, 7) is 1.04. The second kappa shape index (κ2) is 5.09. The van der Waals surface area contributed by atoms with Crippen LogP contribution in [0, 0.1) is 11.8 Å². The van der Waals surface area contributed by atoms with Gasteiger partial charge in [-0.3, -0.25) is 0 Å². The predicted molar refractivity (Wildman–Crippen MR) is 71.2 cm³/mol. The first kappa shape index (κ1) is 11.7. The maximum Gasteiger partial charge on any atom is 0.0576 e. The maximum absolute atomic E-state index is 5.48. The molecule has 1 aromatic rings. The van der Waals surface area contributed by atoms with Crippen molar-refractivity contribution in [3.8, 4) is 0 Å². The third kappa shape index (κ3) is 2.56. The summed E-state index contributed by atoms with van der Waals surface area (Å²) in [5.41, 5.74) is 1.43. The molecule has 3 rings (SSSR count). The summed E-state index contributed by atoms with van der Waals surface area (Å²) >= 11 is 1.79. The average molecular weight is 251 g/mol. The van der Waals surface area contributed by atoms with Gasteiger partial charge in [0.2, 0.25) is 0 Å². The van der Waals surface area contributed by atoms with E-state index in [4.69, 9.17) is 4.74 Å². The largest absolute Gasteiger partial charge is 0.381 e. The number of thiophene rings is 1. The minimum absolute atomic E-state index is 0.544. The molecule has 0 aromatic carbocycles. The number of methoxy groups -OCH3 is 1. The lowest BCUT2D eigenvalue weighted by molar-refractivity contribution is 0.100. The van der Waals surface area contributed by atoms with Crippen LogP contribution in [0.3, 0.4) is 0 Å². The lowest BCUT2D eigenvalue weighted by Crippen LogP contribution is -2.26. The second-order valence-corrected chi connectivity index (χ2v) is 6.31. The Balaban J connectivity index is 1.47. The Morgan fingerprint density at radius 3 is 2.65 bits per heavy atom. The standard InChI is InChI=1S/C14H21NOS/c1-16-14-6-11-4-13(5-12(11)7-14)15-8-10-2-3-17-9-10/h2-3,9,11-15H,4-8H2,1H3/t11-,12+,13?,14?. The van der Waals surface area contributed by atoms with Gasteiger partial charge in [-0.05, 0) is 59.9 Å². The molecule has 0 spiro atoms. The first-order valence-corrected chi connectivity index (χ1v) is 7.56. The Labute approximate surface area is 107 Å². The molecule has 2 aliphatic rings. The molecule has 94 valence electrons. The van der Waals surface area contributed by atoms with Crippen LogP contribution in [0.15, 0.2) is 16.8 Å². The van der Waals surface area contributed by atoms with Crippen LogP contribution >= 0.6 is 11.3 Å². The summed E-state index contributed by atoms with van der Waals surface area (Å²) in [6, 6.07) is 2.96. The topological polar surface area (TPSA) is 21.3 Å². The lowest BCUT2D eigenvalue weighted by Gasteiger charge is -2.15. The fraction of sp³-hybridized carbons (Fsp3) is 0.714. The summed E-state index contributed by atoms with van der Waals surface area (Å²) < 4.78 is 5.48. The molecule has 0 saturated heterocycles. The molecule has 2 aliphatic carbocycles. The van der Waals surface area contributed by atoms with Gasteiger partial charge in [-0.25, -0.2) is 0 Å². The van der Waals surface area contributed by atoms with Gasteiger partial charge in [0, 0.05) is 19.7 Å². The molecule has 2 nitrogen and oxygen atoms in total. The summed E-state index contributed by atoms with van der Waals surface area (Å²) in [5.74, 6) is 1.83. The van der Waals surface area contributed by atoms with Crippen LogP contribution in [0.2, 0.25) is 0 Å². The molecule has 4 atom stereocenters. The van der Waals surface area contributed by atoms with Gasteiger partial charge < -0.3 is 10.1 Å². The van der Waals surface area contributed by atoms with Gasteiger partial charge >= 0.3 is 0 Å². The van der Waals surface area contributed by atoms with Crippen molar-refractivity contribution in [1.29, 1.82) is 0 Å². The van der Waals surface area contributed by atoms with E-state index in [0.717, 1.165) is 24.4 Å². The van der Waals surface area contributed by atoms with E-state index in [0.29, 0.717) is 6.10 Å². The van der Waals surface area contributed by atoms with Crippen LogP contribution in [-0.4, -0.2) is 19.3 Å². The molecule has 3 heteroatoms. The molecule has 0 radical (unpaired) electrons. The molecule has 2 fully saturated rings. The fourth-order valence-electron chi connectivity index (χ4n) is 3.58. The zero-order valence-corrected chi connectivity index (χ0v) is 11.2. The van der Waals surface area contributed by atoms with Gasteiger partial charge in [-0.15, -0.1) is 0 Å². The van der Waals surface area contributed by atoms with Crippen molar-refractivity contribution in [2.75, 3.05) is 7.11 Å². The monoisotopic (exact) mass is 251 g/mol.